The average Bonchev–Trinajstić information content (AvgIpc) is 2.09. The van der Waals surface area contributed by atoms with Crippen LogP contribution in [0.3, 0.4) is 0 Å². The predicted octanol–water partition coefficient (Wildman–Crippen LogP) is 2.78. The molecule has 1 rings (SSSR count). The third-order valence-corrected chi connectivity index (χ3v) is 2.62. The number of hydrogen-bond donors (Lipinski definition) is 1. The van der Waals surface area contributed by atoms with Gasteiger partial charge in [0.1, 0.15) is 0 Å². The van der Waals surface area contributed by atoms with Crippen LogP contribution in [0, 0.1) is 3.57 Å². The number of carboxylic acids is 1. The molecule has 0 saturated carbocycles. The van der Waals surface area contributed by atoms with Crippen LogP contribution in [0.25, 0.3) is 5.57 Å². The Bertz CT molecular complexity index is 356. The quantitative estimate of drug-likeness (QED) is 0.671. The number of carboxylic acid groups (broad SMARTS) is 1. The fourth-order valence-electron chi connectivity index (χ4n) is 1.07. The first-order chi connectivity index (χ1) is 6.16. The standard InChI is InChI=1S/C10H9IO2/c1-2-7(10(12)13)8-5-3-4-6-9(8)11/h2-6H,1H3,(H,12,13)/b7-2+. The van der Waals surface area contributed by atoms with E-state index in [1.165, 1.54) is 0 Å². The van der Waals surface area contributed by atoms with Crippen molar-refractivity contribution in [1.82, 2.24) is 0 Å². The lowest BCUT2D eigenvalue weighted by atomic mass is 10.1. The van der Waals surface area contributed by atoms with Crippen molar-refractivity contribution < 1.29 is 9.90 Å². The molecule has 0 bridgehead atoms. The minimum atomic E-state index is -0.883. The first-order valence-electron chi connectivity index (χ1n) is 3.81. The van der Waals surface area contributed by atoms with Crippen LogP contribution < -0.4 is 0 Å². The van der Waals surface area contributed by atoms with Crippen LogP contribution >= 0.6 is 22.6 Å². The fourth-order valence-corrected chi connectivity index (χ4v) is 1.75. The van der Waals surface area contributed by atoms with Gasteiger partial charge in [0.15, 0.2) is 0 Å². The van der Waals surface area contributed by atoms with Crippen molar-refractivity contribution in [3.63, 3.8) is 0 Å². The van der Waals surface area contributed by atoms with Crippen LogP contribution in [0.2, 0.25) is 0 Å². The van der Waals surface area contributed by atoms with Crippen molar-refractivity contribution in [1.29, 1.82) is 0 Å². The lowest BCUT2D eigenvalue weighted by Crippen LogP contribution is -2.00. The van der Waals surface area contributed by atoms with Crippen molar-refractivity contribution in [2.24, 2.45) is 0 Å². The Morgan fingerprint density at radius 2 is 2.08 bits per heavy atom. The third-order valence-electron chi connectivity index (χ3n) is 1.68. The number of allylic oxidation sites excluding steroid dienone is 1. The lowest BCUT2D eigenvalue weighted by Gasteiger charge is -2.03. The van der Waals surface area contributed by atoms with Gasteiger partial charge in [0.2, 0.25) is 0 Å². The van der Waals surface area contributed by atoms with E-state index in [4.69, 9.17) is 5.11 Å². The molecule has 0 aromatic heterocycles. The summed E-state index contributed by atoms with van der Waals surface area (Å²) in [6, 6.07) is 7.43. The molecule has 0 radical (unpaired) electrons. The van der Waals surface area contributed by atoms with Gasteiger partial charge in [-0.25, -0.2) is 4.79 Å². The molecule has 2 nitrogen and oxygen atoms in total. The fraction of sp³-hybridized carbons (Fsp3) is 0.100. The maximum atomic E-state index is 10.8. The smallest absolute Gasteiger partial charge is 0.335 e. The molecule has 0 saturated heterocycles. The molecule has 68 valence electrons. The number of rotatable bonds is 2. The number of halogens is 1. The van der Waals surface area contributed by atoms with Gasteiger partial charge in [-0.2, -0.15) is 0 Å². The van der Waals surface area contributed by atoms with Crippen molar-refractivity contribution in [2.75, 3.05) is 0 Å². The predicted molar refractivity (Wildman–Crippen MR) is 60.4 cm³/mol. The van der Waals surface area contributed by atoms with E-state index in [1.807, 2.05) is 24.3 Å². The summed E-state index contributed by atoms with van der Waals surface area (Å²) in [4.78, 5) is 10.8. The summed E-state index contributed by atoms with van der Waals surface area (Å²) in [6.45, 7) is 1.73. The first kappa shape index (κ1) is 10.2. The second-order valence-electron chi connectivity index (χ2n) is 2.49. The molecular weight excluding hydrogens is 279 g/mol. The second kappa shape index (κ2) is 4.41. The summed E-state index contributed by atoms with van der Waals surface area (Å²) in [5.74, 6) is -0.883. The highest BCUT2D eigenvalue weighted by molar-refractivity contribution is 14.1. The van der Waals surface area contributed by atoms with Crippen molar-refractivity contribution in [3.8, 4) is 0 Å². The molecule has 1 N–H and O–H groups in total. The van der Waals surface area contributed by atoms with Gasteiger partial charge in [-0.1, -0.05) is 24.3 Å². The van der Waals surface area contributed by atoms with Crippen LogP contribution in [0.5, 0.6) is 0 Å². The number of aliphatic carboxylic acids is 1. The molecule has 0 aliphatic carbocycles. The summed E-state index contributed by atoms with van der Waals surface area (Å²) >= 11 is 2.13. The maximum absolute atomic E-state index is 10.8. The van der Waals surface area contributed by atoms with Gasteiger partial charge in [0.05, 0.1) is 5.57 Å². The van der Waals surface area contributed by atoms with Gasteiger partial charge >= 0.3 is 5.97 Å². The highest BCUT2D eigenvalue weighted by atomic mass is 127. The zero-order valence-electron chi connectivity index (χ0n) is 7.12. The molecule has 0 atom stereocenters. The van der Waals surface area contributed by atoms with E-state index in [-0.39, 0.29) is 0 Å². The summed E-state index contributed by atoms with van der Waals surface area (Å²) < 4.78 is 0.954. The molecule has 1 aromatic rings. The molecule has 13 heavy (non-hydrogen) atoms. The van der Waals surface area contributed by atoms with Crippen molar-refractivity contribution in [3.05, 3.63) is 39.5 Å². The summed E-state index contributed by atoms with van der Waals surface area (Å²) in [5.41, 5.74) is 1.13. The summed E-state index contributed by atoms with van der Waals surface area (Å²) in [5, 5.41) is 8.88. The van der Waals surface area contributed by atoms with Crippen LogP contribution in [0.4, 0.5) is 0 Å². The van der Waals surface area contributed by atoms with Crippen LogP contribution in [-0.4, -0.2) is 11.1 Å². The van der Waals surface area contributed by atoms with Crippen LogP contribution in [0.15, 0.2) is 30.3 Å². The third kappa shape index (κ3) is 2.30. The van der Waals surface area contributed by atoms with Gasteiger partial charge < -0.3 is 5.11 Å². The normalized spacial score (nSPS) is 11.4. The van der Waals surface area contributed by atoms with E-state index in [0.29, 0.717) is 5.57 Å². The van der Waals surface area contributed by atoms with E-state index < -0.39 is 5.97 Å². The van der Waals surface area contributed by atoms with Gasteiger partial charge in [0.25, 0.3) is 0 Å². The Balaban J connectivity index is 3.21. The minimum Gasteiger partial charge on any atom is -0.478 e. The Labute approximate surface area is 90.4 Å². The molecule has 0 fully saturated rings. The molecule has 0 amide bonds. The van der Waals surface area contributed by atoms with E-state index in [2.05, 4.69) is 22.6 Å². The highest BCUT2D eigenvalue weighted by Gasteiger charge is 2.10. The molecule has 3 heteroatoms. The van der Waals surface area contributed by atoms with Gasteiger partial charge in [-0.05, 0) is 35.6 Å². The van der Waals surface area contributed by atoms with E-state index in [9.17, 15) is 4.79 Å². The zero-order valence-corrected chi connectivity index (χ0v) is 9.28. The first-order valence-corrected chi connectivity index (χ1v) is 4.89. The average molecular weight is 288 g/mol. The molecule has 0 heterocycles. The lowest BCUT2D eigenvalue weighted by molar-refractivity contribution is -0.130. The second-order valence-corrected chi connectivity index (χ2v) is 3.65. The molecule has 0 spiro atoms. The topological polar surface area (TPSA) is 37.3 Å². The van der Waals surface area contributed by atoms with Gasteiger partial charge in [-0.3, -0.25) is 0 Å². The summed E-state index contributed by atoms with van der Waals surface area (Å²) in [6.07, 6.45) is 1.61. The van der Waals surface area contributed by atoms with E-state index >= 15 is 0 Å². The highest BCUT2D eigenvalue weighted by Crippen LogP contribution is 2.20. The number of hydrogen-bond acceptors (Lipinski definition) is 1. The van der Waals surface area contributed by atoms with Crippen molar-refractivity contribution in [2.45, 2.75) is 6.92 Å². The van der Waals surface area contributed by atoms with Crippen LogP contribution in [-0.2, 0) is 4.79 Å². The Kier molecular flexibility index (Phi) is 3.48. The largest absolute Gasteiger partial charge is 0.478 e. The van der Waals surface area contributed by atoms with E-state index in [1.54, 1.807) is 13.0 Å². The minimum absolute atomic E-state index is 0.352. The van der Waals surface area contributed by atoms with E-state index in [0.717, 1.165) is 9.13 Å². The molecule has 1 aromatic carbocycles. The SMILES string of the molecule is C/C=C(/C(=O)O)c1ccccc1I. The maximum Gasteiger partial charge on any atom is 0.335 e. The number of benzene rings is 1. The molecule has 0 unspecified atom stereocenters. The molecular formula is C10H9IO2. The monoisotopic (exact) mass is 288 g/mol. The Morgan fingerprint density at radius 3 is 2.54 bits per heavy atom. The zero-order chi connectivity index (χ0) is 9.84. The van der Waals surface area contributed by atoms with Crippen LogP contribution in [0.1, 0.15) is 12.5 Å². The van der Waals surface area contributed by atoms with Gasteiger partial charge in [0, 0.05) is 9.13 Å². The molecule has 0 aliphatic heterocycles. The summed E-state index contributed by atoms with van der Waals surface area (Å²) in [7, 11) is 0. The number of carbonyl (C=O) groups is 1. The Morgan fingerprint density at radius 1 is 1.46 bits per heavy atom. The van der Waals surface area contributed by atoms with Crippen molar-refractivity contribution >= 4 is 34.1 Å². The van der Waals surface area contributed by atoms with Gasteiger partial charge in [-0.15, -0.1) is 0 Å². The molecule has 0 aliphatic rings. The Hall–Kier alpha value is -0.840.